The molecular formula is C17H22Si. The van der Waals surface area contributed by atoms with Crippen molar-refractivity contribution in [2.75, 3.05) is 0 Å². The lowest BCUT2D eigenvalue weighted by Crippen LogP contribution is -2.55. The average molecular weight is 254 g/mol. The molecule has 1 heteroatoms. The molecule has 2 aromatic rings. The third-order valence-corrected chi connectivity index (χ3v) is 7.61. The third kappa shape index (κ3) is 2.28. The van der Waals surface area contributed by atoms with E-state index in [1.165, 1.54) is 21.9 Å². The van der Waals surface area contributed by atoms with Crippen molar-refractivity contribution in [3.8, 4) is 0 Å². The predicted molar refractivity (Wildman–Crippen MR) is 83.8 cm³/mol. The van der Waals surface area contributed by atoms with Crippen molar-refractivity contribution in [3.63, 3.8) is 0 Å². The molecule has 0 atom stereocenters. The van der Waals surface area contributed by atoms with E-state index >= 15 is 0 Å². The molecule has 0 saturated heterocycles. The summed E-state index contributed by atoms with van der Waals surface area (Å²) in [6.07, 6.45) is 0. The van der Waals surface area contributed by atoms with Crippen molar-refractivity contribution in [1.82, 2.24) is 0 Å². The van der Waals surface area contributed by atoms with Gasteiger partial charge >= 0.3 is 0 Å². The number of hydrogen-bond donors (Lipinski definition) is 0. The van der Waals surface area contributed by atoms with Gasteiger partial charge in [0.05, 0.1) is 0 Å². The lowest BCUT2D eigenvalue weighted by molar-refractivity contribution is 1.34. The summed E-state index contributed by atoms with van der Waals surface area (Å²) in [4.78, 5) is 0. The molecule has 0 unspecified atom stereocenters. The average Bonchev–Trinajstić information content (AvgIpc) is 2.28. The maximum Gasteiger partial charge on any atom is 0.112 e. The van der Waals surface area contributed by atoms with Crippen LogP contribution in [0.3, 0.4) is 0 Å². The van der Waals surface area contributed by atoms with Gasteiger partial charge in [-0.25, -0.2) is 0 Å². The molecule has 94 valence electrons. The van der Waals surface area contributed by atoms with Gasteiger partial charge < -0.3 is 0 Å². The second kappa shape index (κ2) is 4.73. The van der Waals surface area contributed by atoms with E-state index in [1.54, 1.807) is 5.19 Å². The number of benzene rings is 2. The van der Waals surface area contributed by atoms with E-state index in [9.17, 15) is 0 Å². The van der Waals surface area contributed by atoms with Gasteiger partial charge in [-0.2, -0.15) is 0 Å². The zero-order valence-electron chi connectivity index (χ0n) is 12.0. The normalized spacial score (nSPS) is 11.6. The largest absolute Gasteiger partial charge is 0.112 e. The van der Waals surface area contributed by atoms with E-state index in [0.29, 0.717) is 0 Å². The van der Waals surface area contributed by atoms with Gasteiger partial charge in [0.1, 0.15) is 8.07 Å². The SMILES string of the molecule is Cc1cc(C)c([Si](C)(C)c2ccccc2)c(C)c1. The Hall–Kier alpha value is -1.34. The first-order valence-electron chi connectivity index (χ1n) is 6.57. The molecular weight excluding hydrogens is 232 g/mol. The first-order valence-corrected chi connectivity index (χ1v) is 9.57. The van der Waals surface area contributed by atoms with Crippen molar-refractivity contribution >= 4 is 18.4 Å². The van der Waals surface area contributed by atoms with E-state index in [1.807, 2.05) is 0 Å². The fourth-order valence-corrected chi connectivity index (χ4v) is 6.60. The van der Waals surface area contributed by atoms with Crippen LogP contribution in [0.4, 0.5) is 0 Å². The van der Waals surface area contributed by atoms with E-state index < -0.39 is 8.07 Å². The zero-order chi connectivity index (χ0) is 13.3. The van der Waals surface area contributed by atoms with Gasteiger partial charge in [0, 0.05) is 0 Å². The van der Waals surface area contributed by atoms with Crippen LogP contribution in [0.5, 0.6) is 0 Å². The summed E-state index contributed by atoms with van der Waals surface area (Å²) < 4.78 is 0. The molecule has 0 aliphatic heterocycles. The first kappa shape index (κ1) is 13.1. The lowest BCUT2D eigenvalue weighted by atomic mass is 10.1. The molecule has 0 heterocycles. The fraction of sp³-hybridized carbons (Fsp3) is 0.294. The Bertz CT molecular complexity index is 530. The highest BCUT2D eigenvalue weighted by molar-refractivity contribution is 7.00. The summed E-state index contributed by atoms with van der Waals surface area (Å²) in [5.74, 6) is 0. The van der Waals surface area contributed by atoms with Gasteiger partial charge in [-0.1, -0.05) is 77.4 Å². The van der Waals surface area contributed by atoms with Crippen molar-refractivity contribution in [2.24, 2.45) is 0 Å². The highest BCUT2D eigenvalue weighted by Crippen LogP contribution is 2.13. The minimum atomic E-state index is -1.57. The van der Waals surface area contributed by atoms with Crippen molar-refractivity contribution < 1.29 is 0 Å². The Morgan fingerprint density at radius 2 is 1.28 bits per heavy atom. The summed E-state index contributed by atoms with van der Waals surface area (Å²) in [6, 6.07) is 15.6. The van der Waals surface area contributed by atoms with Gasteiger partial charge in [-0.05, 0) is 26.0 Å². The maximum absolute atomic E-state index is 2.45. The van der Waals surface area contributed by atoms with Crippen LogP contribution in [0.15, 0.2) is 42.5 Å². The summed E-state index contributed by atoms with van der Waals surface area (Å²) in [5, 5.41) is 3.11. The minimum Gasteiger partial charge on any atom is -0.0626 e. The molecule has 0 aliphatic rings. The van der Waals surface area contributed by atoms with E-state index in [0.717, 1.165) is 0 Å². The van der Waals surface area contributed by atoms with Crippen LogP contribution >= 0.6 is 0 Å². The van der Waals surface area contributed by atoms with Gasteiger partial charge in [-0.15, -0.1) is 0 Å². The molecule has 2 rings (SSSR count). The highest BCUT2D eigenvalue weighted by Gasteiger charge is 2.28. The van der Waals surface area contributed by atoms with Gasteiger partial charge in [0.15, 0.2) is 0 Å². The predicted octanol–water partition coefficient (Wildman–Crippen LogP) is 3.43. The summed E-state index contributed by atoms with van der Waals surface area (Å²) >= 11 is 0. The Morgan fingerprint density at radius 1 is 0.778 bits per heavy atom. The third-order valence-electron chi connectivity index (χ3n) is 3.80. The molecule has 18 heavy (non-hydrogen) atoms. The van der Waals surface area contributed by atoms with Crippen LogP contribution < -0.4 is 10.4 Å². The van der Waals surface area contributed by atoms with Crippen LogP contribution in [-0.2, 0) is 0 Å². The standard InChI is InChI=1S/C17H22Si/c1-13-11-14(2)17(15(3)12-13)18(4,5)16-9-7-6-8-10-16/h6-12H,1-5H3. The van der Waals surface area contributed by atoms with Crippen LogP contribution in [0.2, 0.25) is 13.1 Å². The first-order chi connectivity index (χ1) is 8.43. The molecule has 0 aromatic heterocycles. The molecule has 0 radical (unpaired) electrons. The van der Waals surface area contributed by atoms with Crippen molar-refractivity contribution in [1.29, 1.82) is 0 Å². The molecule has 0 nitrogen and oxygen atoms in total. The number of aryl methyl sites for hydroxylation is 3. The number of hydrogen-bond acceptors (Lipinski definition) is 0. The minimum absolute atomic E-state index is 1.37. The molecule has 0 aliphatic carbocycles. The Balaban J connectivity index is 2.61. The van der Waals surface area contributed by atoms with E-state index in [4.69, 9.17) is 0 Å². The summed E-state index contributed by atoms with van der Waals surface area (Å²) in [7, 11) is -1.57. The van der Waals surface area contributed by atoms with Crippen LogP contribution in [0.1, 0.15) is 16.7 Å². The van der Waals surface area contributed by atoms with Crippen molar-refractivity contribution in [2.45, 2.75) is 33.9 Å². The second-order valence-corrected chi connectivity index (χ2v) is 10.1. The molecule has 0 saturated carbocycles. The van der Waals surface area contributed by atoms with E-state index in [2.05, 4.69) is 76.3 Å². The van der Waals surface area contributed by atoms with Gasteiger partial charge in [-0.3, -0.25) is 0 Å². The smallest absolute Gasteiger partial charge is 0.0626 e. The van der Waals surface area contributed by atoms with Gasteiger partial charge in [0.25, 0.3) is 0 Å². The monoisotopic (exact) mass is 254 g/mol. The zero-order valence-corrected chi connectivity index (χ0v) is 13.0. The molecule has 0 N–H and O–H groups in total. The van der Waals surface area contributed by atoms with Crippen LogP contribution in [0, 0.1) is 20.8 Å². The van der Waals surface area contributed by atoms with Gasteiger partial charge in [0.2, 0.25) is 0 Å². The molecule has 0 spiro atoms. The Labute approximate surface area is 112 Å². The maximum atomic E-state index is 2.45. The topological polar surface area (TPSA) is 0 Å². The number of rotatable bonds is 2. The Kier molecular flexibility index (Phi) is 3.44. The molecule has 2 aromatic carbocycles. The molecule has 0 amide bonds. The Morgan fingerprint density at radius 3 is 1.78 bits per heavy atom. The second-order valence-electron chi connectivity index (χ2n) is 5.76. The highest BCUT2D eigenvalue weighted by atomic mass is 28.3. The van der Waals surface area contributed by atoms with Crippen LogP contribution in [-0.4, -0.2) is 8.07 Å². The summed E-state index contributed by atoms with van der Waals surface area (Å²) in [6.45, 7) is 11.6. The quantitative estimate of drug-likeness (QED) is 0.720. The summed E-state index contributed by atoms with van der Waals surface area (Å²) in [5.41, 5.74) is 4.27. The fourth-order valence-electron chi connectivity index (χ4n) is 3.17. The van der Waals surface area contributed by atoms with Crippen molar-refractivity contribution in [3.05, 3.63) is 59.2 Å². The molecule has 0 bridgehead atoms. The van der Waals surface area contributed by atoms with E-state index in [-0.39, 0.29) is 0 Å². The van der Waals surface area contributed by atoms with Crippen LogP contribution in [0.25, 0.3) is 0 Å². The lowest BCUT2D eigenvalue weighted by Gasteiger charge is -2.28. The molecule has 0 fully saturated rings.